The summed E-state index contributed by atoms with van der Waals surface area (Å²) in [7, 11) is -2.22. The van der Waals surface area contributed by atoms with Crippen LogP contribution in [0.1, 0.15) is 36.2 Å². The molecule has 0 saturated carbocycles. The van der Waals surface area contributed by atoms with Crippen LogP contribution in [0.25, 0.3) is 0 Å². The summed E-state index contributed by atoms with van der Waals surface area (Å²) in [5.74, 6) is -0.448. The van der Waals surface area contributed by atoms with Crippen molar-refractivity contribution >= 4 is 27.5 Å². The molecule has 0 bridgehead atoms. The van der Waals surface area contributed by atoms with E-state index >= 15 is 0 Å². The van der Waals surface area contributed by atoms with Crippen molar-refractivity contribution in [3.05, 3.63) is 59.7 Å². The monoisotopic (exact) mass is 417 g/mol. The number of carbonyl (C=O) groups excluding carboxylic acids is 2. The molecule has 8 heteroatoms. The van der Waals surface area contributed by atoms with Crippen molar-refractivity contribution in [1.29, 1.82) is 0 Å². The maximum Gasteiger partial charge on any atom is 0.264 e. The van der Waals surface area contributed by atoms with Crippen LogP contribution in [0.4, 0.5) is 5.69 Å². The van der Waals surface area contributed by atoms with Crippen LogP contribution in [0.15, 0.2) is 53.4 Å². The van der Waals surface area contributed by atoms with Gasteiger partial charge in [0.05, 0.1) is 10.6 Å². The first kappa shape index (κ1) is 22.4. The van der Waals surface area contributed by atoms with E-state index in [1.165, 1.54) is 11.4 Å². The Hall–Kier alpha value is -2.87. The van der Waals surface area contributed by atoms with Gasteiger partial charge in [-0.2, -0.15) is 0 Å². The number of rotatable bonds is 8. The van der Waals surface area contributed by atoms with Crippen molar-refractivity contribution in [2.24, 2.45) is 0 Å². The minimum Gasteiger partial charge on any atom is -0.354 e. The average Bonchev–Trinajstić information content (AvgIpc) is 2.67. The van der Waals surface area contributed by atoms with Gasteiger partial charge in [-0.15, -0.1) is 0 Å². The number of anilines is 1. The number of sulfonamides is 1. The second kappa shape index (κ2) is 9.56. The lowest BCUT2D eigenvalue weighted by Gasteiger charge is -2.20. The molecule has 156 valence electrons. The quantitative estimate of drug-likeness (QED) is 0.690. The van der Waals surface area contributed by atoms with E-state index in [-0.39, 0.29) is 35.7 Å². The molecule has 2 N–H and O–H groups in total. The fourth-order valence-corrected chi connectivity index (χ4v) is 3.81. The maximum absolute atomic E-state index is 12.8. The predicted octanol–water partition coefficient (Wildman–Crippen LogP) is 2.46. The number of hydrogen-bond donors (Lipinski definition) is 2. The molecule has 0 radical (unpaired) electrons. The Morgan fingerprint density at radius 3 is 2.14 bits per heavy atom. The zero-order valence-electron chi connectivity index (χ0n) is 17.1. The number of aryl methyl sites for hydroxylation is 1. The Kier molecular flexibility index (Phi) is 7.39. The molecule has 0 atom stereocenters. The first-order chi connectivity index (χ1) is 13.6. The molecule has 7 nitrogen and oxygen atoms in total. The Bertz CT molecular complexity index is 952. The highest BCUT2D eigenvalue weighted by atomic mass is 32.2. The van der Waals surface area contributed by atoms with Crippen LogP contribution in [0.3, 0.4) is 0 Å². The standard InChI is InChI=1S/C21H27N3O4S/c1-15(2)23-20(25)13-14-22-21(26)17-7-9-18(10-8-17)24(4)29(27,28)19-11-5-16(3)6-12-19/h5-12,15H,13-14H2,1-4H3,(H,22,26)(H,23,25). The van der Waals surface area contributed by atoms with Crippen molar-refractivity contribution in [3.8, 4) is 0 Å². The van der Waals surface area contributed by atoms with Crippen molar-refractivity contribution in [2.45, 2.75) is 38.1 Å². The fraction of sp³-hybridized carbons (Fsp3) is 0.333. The fourth-order valence-electron chi connectivity index (χ4n) is 2.62. The van der Waals surface area contributed by atoms with E-state index in [1.807, 2.05) is 20.8 Å². The molecule has 0 aliphatic carbocycles. The number of amides is 2. The molecule has 2 amide bonds. The van der Waals surface area contributed by atoms with Crippen LogP contribution >= 0.6 is 0 Å². The zero-order valence-corrected chi connectivity index (χ0v) is 17.9. The number of carbonyl (C=O) groups is 2. The third kappa shape index (κ3) is 6.05. The molecule has 0 fully saturated rings. The van der Waals surface area contributed by atoms with Crippen molar-refractivity contribution in [3.63, 3.8) is 0 Å². The lowest BCUT2D eigenvalue weighted by atomic mass is 10.2. The van der Waals surface area contributed by atoms with Crippen molar-refractivity contribution in [1.82, 2.24) is 10.6 Å². The summed E-state index contributed by atoms with van der Waals surface area (Å²) in [4.78, 5) is 24.0. The number of nitrogens with one attached hydrogen (secondary N) is 2. The SMILES string of the molecule is Cc1ccc(S(=O)(=O)N(C)c2ccc(C(=O)NCCC(=O)NC(C)C)cc2)cc1. The highest BCUT2D eigenvalue weighted by molar-refractivity contribution is 7.92. The summed E-state index contributed by atoms with van der Waals surface area (Å²) in [6, 6.07) is 12.9. The molecule has 2 aromatic rings. The molecule has 0 heterocycles. The lowest BCUT2D eigenvalue weighted by molar-refractivity contribution is -0.121. The van der Waals surface area contributed by atoms with Crippen molar-refractivity contribution in [2.75, 3.05) is 17.9 Å². The number of benzene rings is 2. The Morgan fingerprint density at radius 2 is 1.59 bits per heavy atom. The first-order valence-corrected chi connectivity index (χ1v) is 10.8. The lowest BCUT2D eigenvalue weighted by Crippen LogP contribution is -2.34. The molecule has 29 heavy (non-hydrogen) atoms. The number of hydrogen-bond acceptors (Lipinski definition) is 4. The minimum absolute atomic E-state index is 0.0546. The third-order valence-electron chi connectivity index (χ3n) is 4.26. The van der Waals surface area contributed by atoms with E-state index in [1.54, 1.807) is 48.5 Å². The molecule has 0 spiro atoms. The molecular weight excluding hydrogens is 390 g/mol. The minimum atomic E-state index is -3.69. The molecule has 2 rings (SSSR count). The largest absolute Gasteiger partial charge is 0.354 e. The smallest absolute Gasteiger partial charge is 0.264 e. The van der Waals surface area contributed by atoms with Crippen LogP contribution in [0.5, 0.6) is 0 Å². The van der Waals surface area contributed by atoms with E-state index in [2.05, 4.69) is 10.6 Å². The van der Waals surface area contributed by atoms with Gasteiger partial charge in [0.1, 0.15) is 0 Å². The Morgan fingerprint density at radius 1 is 1.00 bits per heavy atom. The molecular formula is C21H27N3O4S. The first-order valence-electron chi connectivity index (χ1n) is 9.34. The molecule has 0 aliphatic heterocycles. The molecule has 0 unspecified atom stereocenters. The second-order valence-corrected chi connectivity index (χ2v) is 9.03. The number of nitrogens with zero attached hydrogens (tertiary/aromatic N) is 1. The molecule has 2 aromatic carbocycles. The van der Waals surface area contributed by atoms with Gasteiger partial charge in [0, 0.05) is 31.6 Å². The normalized spacial score (nSPS) is 11.2. The summed E-state index contributed by atoms with van der Waals surface area (Å²) in [6.45, 7) is 5.85. The maximum atomic E-state index is 12.8. The van der Waals surface area contributed by atoms with Crippen LogP contribution in [0.2, 0.25) is 0 Å². The van der Waals surface area contributed by atoms with E-state index < -0.39 is 10.0 Å². The van der Waals surface area contributed by atoms with Gasteiger partial charge in [0.2, 0.25) is 5.91 Å². The van der Waals surface area contributed by atoms with Gasteiger partial charge in [-0.3, -0.25) is 13.9 Å². The van der Waals surface area contributed by atoms with Gasteiger partial charge in [-0.05, 0) is 57.2 Å². The highest BCUT2D eigenvalue weighted by Crippen LogP contribution is 2.22. The van der Waals surface area contributed by atoms with Gasteiger partial charge in [-0.25, -0.2) is 8.42 Å². The molecule has 0 saturated heterocycles. The predicted molar refractivity (Wildman–Crippen MR) is 113 cm³/mol. The zero-order chi connectivity index (χ0) is 21.6. The van der Waals surface area contributed by atoms with Crippen molar-refractivity contribution < 1.29 is 18.0 Å². The van der Waals surface area contributed by atoms with Gasteiger partial charge < -0.3 is 10.6 Å². The van der Waals surface area contributed by atoms with Crippen LogP contribution in [-0.4, -0.2) is 39.9 Å². The topological polar surface area (TPSA) is 95.6 Å². The second-order valence-electron chi connectivity index (χ2n) is 7.06. The van der Waals surface area contributed by atoms with E-state index in [0.717, 1.165) is 5.56 Å². The van der Waals surface area contributed by atoms with Gasteiger partial charge in [0.15, 0.2) is 0 Å². The summed E-state index contributed by atoms with van der Waals surface area (Å²) >= 11 is 0. The van der Waals surface area contributed by atoms with Crippen LogP contribution in [0, 0.1) is 6.92 Å². The average molecular weight is 418 g/mol. The van der Waals surface area contributed by atoms with Gasteiger partial charge >= 0.3 is 0 Å². The van der Waals surface area contributed by atoms with Gasteiger partial charge in [-0.1, -0.05) is 17.7 Å². The van der Waals surface area contributed by atoms with Gasteiger partial charge in [0.25, 0.3) is 15.9 Å². The van der Waals surface area contributed by atoms with Crippen LogP contribution < -0.4 is 14.9 Å². The summed E-state index contributed by atoms with van der Waals surface area (Å²) in [6.07, 6.45) is 0.194. The van der Waals surface area contributed by atoms with E-state index in [9.17, 15) is 18.0 Å². The molecule has 0 aliphatic rings. The summed E-state index contributed by atoms with van der Waals surface area (Å²) in [5.41, 5.74) is 1.81. The van der Waals surface area contributed by atoms with E-state index in [4.69, 9.17) is 0 Å². The highest BCUT2D eigenvalue weighted by Gasteiger charge is 2.21. The van der Waals surface area contributed by atoms with E-state index in [0.29, 0.717) is 11.3 Å². The van der Waals surface area contributed by atoms with Crippen LogP contribution in [-0.2, 0) is 14.8 Å². The Balaban J connectivity index is 2.01. The summed E-state index contributed by atoms with van der Waals surface area (Å²) in [5, 5.41) is 5.44. The molecule has 0 aromatic heterocycles. The Labute approximate surface area is 172 Å². The third-order valence-corrected chi connectivity index (χ3v) is 6.06. The summed E-state index contributed by atoms with van der Waals surface area (Å²) < 4.78 is 26.7.